The molecule has 30 heavy (non-hydrogen) atoms. The van der Waals surface area contributed by atoms with E-state index in [4.69, 9.17) is 16.3 Å². The molecule has 1 N–H and O–H groups in total. The molecule has 4 nitrogen and oxygen atoms in total. The van der Waals surface area contributed by atoms with Crippen molar-refractivity contribution in [3.05, 3.63) is 97.4 Å². The number of halogens is 3. The summed E-state index contributed by atoms with van der Waals surface area (Å²) in [5.41, 5.74) is 2.27. The lowest BCUT2D eigenvalue weighted by atomic mass is 10.1. The average Bonchev–Trinajstić information content (AvgIpc) is 2.73. The summed E-state index contributed by atoms with van der Waals surface area (Å²) < 4.78 is 7.29. The third-order valence-electron chi connectivity index (χ3n) is 4.02. The Morgan fingerprint density at radius 3 is 2.30 bits per heavy atom. The summed E-state index contributed by atoms with van der Waals surface area (Å²) in [5, 5.41) is 12.8. The maximum Gasteiger partial charge on any atom is 0.266 e. The smallest absolute Gasteiger partial charge is 0.266 e. The zero-order valence-electron chi connectivity index (χ0n) is 15.5. The first kappa shape index (κ1) is 22.1. The number of nitrogens with one attached hydrogen (secondary N) is 1. The maximum atomic E-state index is 12.4. The SMILES string of the molecule is N#C/C(=C\c1cc(Br)c(OCc2ccc(Cl)cc2)c(Br)c1)C(=O)Nc1ccccc1. The zero-order chi connectivity index (χ0) is 21.5. The second-order valence-electron chi connectivity index (χ2n) is 6.22. The average molecular weight is 547 g/mol. The van der Waals surface area contributed by atoms with Crippen LogP contribution < -0.4 is 10.1 Å². The predicted octanol–water partition coefficient (Wildman–Crippen LogP) is 6.99. The van der Waals surface area contributed by atoms with Crippen molar-refractivity contribution in [1.82, 2.24) is 0 Å². The number of rotatable bonds is 6. The molecular weight excluding hydrogens is 532 g/mol. The minimum absolute atomic E-state index is 0.00696. The lowest BCUT2D eigenvalue weighted by Crippen LogP contribution is -2.13. The van der Waals surface area contributed by atoms with E-state index in [1.54, 1.807) is 24.3 Å². The van der Waals surface area contributed by atoms with E-state index in [1.807, 2.05) is 48.5 Å². The molecule has 0 unspecified atom stereocenters. The van der Waals surface area contributed by atoms with Crippen LogP contribution in [0.3, 0.4) is 0 Å². The number of hydrogen-bond donors (Lipinski definition) is 1. The Morgan fingerprint density at radius 1 is 1.07 bits per heavy atom. The summed E-state index contributed by atoms with van der Waals surface area (Å²) in [4.78, 5) is 12.4. The Bertz CT molecular complexity index is 1100. The molecule has 0 aliphatic heterocycles. The topological polar surface area (TPSA) is 62.1 Å². The van der Waals surface area contributed by atoms with Gasteiger partial charge in [0.1, 0.15) is 24.0 Å². The van der Waals surface area contributed by atoms with E-state index in [2.05, 4.69) is 37.2 Å². The summed E-state index contributed by atoms with van der Waals surface area (Å²) in [6.45, 7) is 0.368. The Morgan fingerprint density at radius 2 is 1.70 bits per heavy atom. The highest BCUT2D eigenvalue weighted by Crippen LogP contribution is 2.36. The number of nitriles is 1. The molecule has 3 aromatic carbocycles. The van der Waals surface area contributed by atoms with Gasteiger partial charge >= 0.3 is 0 Å². The molecule has 0 spiro atoms. The lowest BCUT2D eigenvalue weighted by Gasteiger charge is -2.12. The molecular formula is C23H15Br2ClN2O2. The Kier molecular flexibility index (Phi) is 7.69. The second-order valence-corrected chi connectivity index (χ2v) is 8.36. The standard InChI is InChI=1S/C23H15Br2ClN2O2/c24-20-11-16(10-17(13-27)23(29)28-19-4-2-1-3-5-19)12-21(25)22(20)30-14-15-6-8-18(26)9-7-15/h1-12H,14H2,(H,28,29)/b17-10+. The van der Waals surface area contributed by atoms with E-state index in [1.165, 1.54) is 6.08 Å². The van der Waals surface area contributed by atoms with Crippen LogP contribution in [-0.4, -0.2) is 5.91 Å². The lowest BCUT2D eigenvalue weighted by molar-refractivity contribution is -0.112. The number of anilines is 1. The minimum atomic E-state index is -0.473. The van der Waals surface area contributed by atoms with Gasteiger partial charge in [-0.1, -0.05) is 41.9 Å². The van der Waals surface area contributed by atoms with Crippen LogP contribution in [0, 0.1) is 11.3 Å². The van der Waals surface area contributed by atoms with Crippen LogP contribution in [0.1, 0.15) is 11.1 Å². The van der Waals surface area contributed by atoms with Gasteiger partial charge in [-0.3, -0.25) is 4.79 Å². The molecule has 0 aliphatic carbocycles. The molecule has 0 heterocycles. The van der Waals surface area contributed by atoms with Crippen molar-refractivity contribution in [3.8, 4) is 11.8 Å². The largest absolute Gasteiger partial charge is 0.487 e. The Hall–Kier alpha value is -2.59. The molecule has 0 fully saturated rings. The number of carbonyl (C=O) groups excluding carboxylic acids is 1. The number of para-hydroxylation sites is 1. The molecule has 0 radical (unpaired) electrons. The van der Waals surface area contributed by atoms with Crippen LogP contribution in [0.2, 0.25) is 5.02 Å². The van der Waals surface area contributed by atoms with Crippen LogP contribution in [-0.2, 0) is 11.4 Å². The highest BCUT2D eigenvalue weighted by molar-refractivity contribution is 9.11. The molecule has 1 amide bonds. The molecule has 0 aliphatic rings. The number of hydrogen-bond acceptors (Lipinski definition) is 3. The highest BCUT2D eigenvalue weighted by atomic mass is 79.9. The zero-order valence-corrected chi connectivity index (χ0v) is 19.5. The van der Waals surface area contributed by atoms with Gasteiger partial charge in [-0.2, -0.15) is 5.26 Å². The Balaban J connectivity index is 1.76. The first-order chi connectivity index (χ1) is 14.5. The van der Waals surface area contributed by atoms with Gasteiger partial charge in [0.15, 0.2) is 0 Å². The van der Waals surface area contributed by atoms with Gasteiger partial charge < -0.3 is 10.1 Å². The summed E-state index contributed by atoms with van der Waals surface area (Å²) in [7, 11) is 0. The summed E-state index contributed by atoms with van der Waals surface area (Å²) in [6.07, 6.45) is 1.52. The first-order valence-corrected chi connectivity index (χ1v) is 10.8. The molecule has 0 atom stereocenters. The minimum Gasteiger partial charge on any atom is -0.487 e. The summed E-state index contributed by atoms with van der Waals surface area (Å²) >= 11 is 12.9. The van der Waals surface area contributed by atoms with Crippen LogP contribution in [0.25, 0.3) is 6.08 Å². The van der Waals surface area contributed by atoms with Crippen molar-refractivity contribution < 1.29 is 9.53 Å². The molecule has 0 saturated heterocycles. The van der Waals surface area contributed by atoms with E-state index in [0.29, 0.717) is 37.6 Å². The number of benzene rings is 3. The number of carbonyl (C=O) groups is 1. The fourth-order valence-corrected chi connectivity index (χ4v) is 4.15. The van der Waals surface area contributed by atoms with Crippen molar-refractivity contribution in [2.45, 2.75) is 6.61 Å². The molecule has 0 bridgehead atoms. The molecule has 150 valence electrons. The van der Waals surface area contributed by atoms with Crippen LogP contribution in [0.5, 0.6) is 5.75 Å². The van der Waals surface area contributed by atoms with E-state index >= 15 is 0 Å². The predicted molar refractivity (Wildman–Crippen MR) is 126 cm³/mol. The third-order valence-corrected chi connectivity index (χ3v) is 5.45. The van der Waals surface area contributed by atoms with Gasteiger partial charge in [0.25, 0.3) is 5.91 Å². The fourth-order valence-electron chi connectivity index (χ4n) is 2.57. The van der Waals surface area contributed by atoms with Crippen LogP contribution >= 0.6 is 43.5 Å². The van der Waals surface area contributed by atoms with Crippen molar-refractivity contribution in [2.24, 2.45) is 0 Å². The number of ether oxygens (including phenoxy) is 1. The summed E-state index contributed by atoms with van der Waals surface area (Å²) in [5.74, 6) is 0.147. The first-order valence-electron chi connectivity index (χ1n) is 8.81. The Labute approximate surface area is 196 Å². The molecule has 7 heteroatoms. The summed E-state index contributed by atoms with van der Waals surface area (Å²) in [6, 6.07) is 21.9. The van der Waals surface area contributed by atoms with E-state index in [9.17, 15) is 10.1 Å². The highest BCUT2D eigenvalue weighted by Gasteiger charge is 2.13. The fraction of sp³-hybridized carbons (Fsp3) is 0.0435. The van der Waals surface area contributed by atoms with Crippen LogP contribution in [0.4, 0.5) is 5.69 Å². The van der Waals surface area contributed by atoms with E-state index < -0.39 is 5.91 Å². The van der Waals surface area contributed by atoms with Gasteiger partial charge in [-0.05, 0) is 85.5 Å². The second kappa shape index (κ2) is 10.4. The molecule has 0 aromatic heterocycles. The van der Waals surface area contributed by atoms with Gasteiger partial charge in [0, 0.05) is 10.7 Å². The normalized spacial score (nSPS) is 10.9. The third kappa shape index (κ3) is 5.96. The van der Waals surface area contributed by atoms with Crippen molar-refractivity contribution in [2.75, 3.05) is 5.32 Å². The monoisotopic (exact) mass is 544 g/mol. The van der Waals surface area contributed by atoms with E-state index in [0.717, 1.165) is 5.56 Å². The van der Waals surface area contributed by atoms with Gasteiger partial charge in [-0.25, -0.2) is 0 Å². The number of amides is 1. The van der Waals surface area contributed by atoms with Crippen molar-refractivity contribution in [1.29, 1.82) is 5.26 Å². The maximum absolute atomic E-state index is 12.4. The van der Waals surface area contributed by atoms with Gasteiger partial charge in [-0.15, -0.1) is 0 Å². The molecule has 0 saturated carbocycles. The van der Waals surface area contributed by atoms with Crippen molar-refractivity contribution >= 4 is 61.1 Å². The number of nitrogens with zero attached hydrogens (tertiary/aromatic N) is 1. The van der Waals surface area contributed by atoms with Gasteiger partial charge in [0.05, 0.1) is 8.95 Å². The van der Waals surface area contributed by atoms with Gasteiger partial charge in [0.2, 0.25) is 0 Å². The molecule has 3 rings (SSSR count). The van der Waals surface area contributed by atoms with Crippen LogP contribution in [0.15, 0.2) is 81.2 Å². The van der Waals surface area contributed by atoms with Crippen molar-refractivity contribution in [3.63, 3.8) is 0 Å². The quantitative estimate of drug-likeness (QED) is 0.268. The molecule has 3 aromatic rings. The van der Waals surface area contributed by atoms with E-state index in [-0.39, 0.29) is 5.57 Å².